The Morgan fingerprint density at radius 1 is 1.37 bits per heavy atom. The van der Waals surface area contributed by atoms with Gasteiger partial charge in [0.05, 0.1) is 12.9 Å². The average molecular weight is 271 g/mol. The quantitative estimate of drug-likeness (QED) is 0.551. The van der Waals surface area contributed by atoms with E-state index in [2.05, 4.69) is 16.6 Å². The average Bonchev–Trinajstić information content (AvgIpc) is 2.38. The number of para-hydroxylation sites is 1. The van der Waals surface area contributed by atoms with E-state index < -0.39 is 6.61 Å². The summed E-state index contributed by atoms with van der Waals surface area (Å²) >= 11 is 0. The first-order valence-electron chi connectivity index (χ1n) is 6.14. The van der Waals surface area contributed by atoms with Gasteiger partial charge in [-0.3, -0.25) is 0 Å². The first-order valence-corrected chi connectivity index (χ1v) is 6.14. The highest BCUT2D eigenvalue weighted by atomic mass is 19.3. The number of rotatable bonds is 9. The molecule has 0 fully saturated rings. The summed E-state index contributed by atoms with van der Waals surface area (Å²) in [4.78, 5) is 0. The lowest BCUT2D eigenvalue weighted by atomic mass is 10.1. The third kappa shape index (κ3) is 5.70. The van der Waals surface area contributed by atoms with Gasteiger partial charge < -0.3 is 14.8 Å². The van der Waals surface area contributed by atoms with Crippen LogP contribution in [0.1, 0.15) is 24.9 Å². The van der Waals surface area contributed by atoms with Crippen LogP contribution in [0, 0.1) is 0 Å². The molecule has 0 aliphatic carbocycles. The van der Waals surface area contributed by atoms with Crippen molar-refractivity contribution in [2.45, 2.75) is 26.0 Å². The largest absolute Gasteiger partial charge is 0.502 e. The van der Waals surface area contributed by atoms with Crippen molar-refractivity contribution in [2.75, 3.05) is 13.2 Å². The molecule has 5 heteroatoms. The van der Waals surface area contributed by atoms with Gasteiger partial charge in [0.2, 0.25) is 0 Å². The molecule has 0 amide bonds. The fourth-order valence-electron chi connectivity index (χ4n) is 1.71. The zero-order chi connectivity index (χ0) is 14.1. The van der Waals surface area contributed by atoms with Gasteiger partial charge in [-0.05, 0) is 26.0 Å². The lowest BCUT2D eigenvalue weighted by Gasteiger charge is -2.18. The first-order chi connectivity index (χ1) is 9.15. The first kappa shape index (κ1) is 15.4. The summed E-state index contributed by atoms with van der Waals surface area (Å²) in [6.07, 6.45) is 2.21. The topological polar surface area (TPSA) is 30.5 Å². The summed E-state index contributed by atoms with van der Waals surface area (Å²) in [5.41, 5.74) is 0.715. The Morgan fingerprint density at radius 2 is 2.11 bits per heavy atom. The molecule has 1 unspecified atom stereocenters. The SMILES string of the molecule is C=COCCCNC(C)c1ccccc1OC(F)F. The second-order valence-corrected chi connectivity index (χ2v) is 3.98. The van der Waals surface area contributed by atoms with Gasteiger partial charge in [0, 0.05) is 11.6 Å². The molecule has 0 spiro atoms. The van der Waals surface area contributed by atoms with E-state index in [-0.39, 0.29) is 11.8 Å². The molecular formula is C14H19F2NO2. The molecule has 0 radical (unpaired) electrons. The number of alkyl halides is 2. The van der Waals surface area contributed by atoms with E-state index >= 15 is 0 Å². The van der Waals surface area contributed by atoms with Crippen molar-refractivity contribution in [1.82, 2.24) is 5.32 Å². The second kappa shape index (κ2) is 8.48. The number of hydrogen-bond acceptors (Lipinski definition) is 3. The molecule has 0 saturated heterocycles. The Bertz CT molecular complexity index is 385. The van der Waals surface area contributed by atoms with E-state index in [1.165, 1.54) is 6.26 Å². The fraction of sp³-hybridized carbons (Fsp3) is 0.429. The maximum atomic E-state index is 12.3. The van der Waals surface area contributed by atoms with Crippen molar-refractivity contribution in [3.8, 4) is 5.75 Å². The summed E-state index contributed by atoms with van der Waals surface area (Å²) in [5, 5.41) is 3.23. The zero-order valence-corrected chi connectivity index (χ0v) is 10.9. The molecule has 1 atom stereocenters. The lowest BCUT2D eigenvalue weighted by Crippen LogP contribution is -2.21. The molecule has 19 heavy (non-hydrogen) atoms. The van der Waals surface area contributed by atoms with Crippen LogP contribution in [0.2, 0.25) is 0 Å². The van der Waals surface area contributed by atoms with Crippen molar-refractivity contribution >= 4 is 0 Å². The molecule has 3 nitrogen and oxygen atoms in total. The number of hydrogen-bond donors (Lipinski definition) is 1. The molecule has 1 aromatic carbocycles. The highest BCUT2D eigenvalue weighted by Crippen LogP contribution is 2.26. The third-order valence-electron chi connectivity index (χ3n) is 2.61. The summed E-state index contributed by atoms with van der Waals surface area (Å²) in [6.45, 7) is 3.85. The van der Waals surface area contributed by atoms with E-state index in [1.54, 1.807) is 24.3 Å². The van der Waals surface area contributed by atoms with Gasteiger partial charge in [0.15, 0.2) is 0 Å². The highest BCUT2D eigenvalue weighted by molar-refractivity contribution is 5.35. The maximum absolute atomic E-state index is 12.3. The minimum absolute atomic E-state index is 0.0707. The predicted molar refractivity (Wildman–Crippen MR) is 70.3 cm³/mol. The number of nitrogens with one attached hydrogen (secondary N) is 1. The van der Waals surface area contributed by atoms with E-state index in [0.29, 0.717) is 12.2 Å². The van der Waals surface area contributed by atoms with Crippen molar-refractivity contribution in [2.24, 2.45) is 0 Å². The van der Waals surface area contributed by atoms with Crippen molar-refractivity contribution in [3.63, 3.8) is 0 Å². The van der Waals surface area contributed by atoms with Crippen LogP contribution in [0.15, 0.2) is 37.1 Å². The summed E-state index contributed by atoms with van der Waals surface area (Å²) in [5.74, 6) is 0.208. The van der Waals surface area contributed by atoms with Crippen LogP contribution in [0.3, 0.4) is 0 Å². The van der Waals surface area contributed by atoms with Gasteiger partial charge in [-0.25, -0.2) is 0 Å². The molecule has 0 bridgehead atoms. The minimum Gasteiger partial charge on any atom is -0.502 e. The molecule has 1 aromatic rings. The highest BCUT2D eigenvalue weighted by Gasteiger charge is 2.13. The van der Waals surface area contributed by atoms with Gasteiger partial charge in [-0.2, -0.15) is 8.78 Å². The number of ether oxygens (including phenoxy) is 2. The van der Waals surface area contributed by atoms with E-state index in [0.717, 1.165) is 13.0 Å². The Balaban J connectivity index is 2.51. The Kier molecular flexibility index (Phi) is 6.89. The molecule has 1 N–H and O–H groups in total. The third-order valence-corrected chi connectivity index (χ3v) is 2.61. The van der Waals surface area contributed by atoms with Crippen LogP contribution in [0.5, 0.6) is 5.75 Å². The molecule has 0 aromatic heterocycles. The van der Waals surface area contributed by atoms with Gasteiger partial charge in [0.1, 0.15) is 5.75 Å². The maximum Gasteiger partial charge on any atom is 0.387 e. The van der Waals surface area contributed by atoms with Crippen molar-refractivity contribution < 1.29 is 18.3 Å². The summed E-state index contributed by atoms with van der Waals surface area (Å²) < 4.78 is 34.1. The van der Waals surface area contributed by atoms with Gasteiger partial charge in [-0.15, -0.1) is 0 Å². The molecular weight excluding hydrogens is 252 g/mol. The Morgan fingerprint density at radius 3 is 2.79 bits per heavy atom. The normalized spacial score (nSPS) is 12.2. The summed E-state index contributed by atoms with van der Waals surface area (Å²) in [6, 6.07) is 6.72. The van der Waals surface area contributed by atoms with Gasteiger partial charge in [0.25, 0.3) is 0 Å². The van der Waals surface area contributed by atoms with Gasteiger partial charge >= 0.3 is 6.61 Å². The Labute approximate surface area is 112 Å². The van der Waals surface area contributed by atoms with Gasteiger partial charge in [-0.1, -0.05) is 24.8 Å². The van der Waals surface area contributed by atoms with Crippen LogP contribution in [0.25, 0.3) is 0 Å². The fourth-order valence-corrected chi connectivity index (χ4v) is 1.71. The summed E-state index contributed by atoms with van der Waals surface area (Å²) in [7, 11) is 0. The monoisotopic (exact) mass is 271 g/mol. The molecule has 0 saturated carbocycles. The molecule has 106 valence electrons. The lowest BCUT2D eigenvalue weighted by molar-refractivity contribution is -0.0506. The molecule has 0 aliphatic rings. The van der Waals surface area contributed by atoms with Crippen LogP contribution in [-0.2, 0) is 4.74 Å². The Hall–Kier alpha value is -1.62. The second-order valence-electron chi connectivity index (χ2n) is 3.98. The number of halogens is 2. The van der Waals surface area contributed by atoms with Crippen LogP contribution in [0.4, 0.5) is 8.78 Å². The van der Waals surface area contributed by atoms with Crippen LogP contribution >= 0.6 is 0 Å². The van der Waals surface area contributed by atoms with Crippen molar-refractivity contribution in [3.05, 3.63) is 42.7 Å². The molecule has 0 heterocycles. The van der Waals surface area contributed by atoms with E-state index in [1.807, 2.05) is 6.92 Å². The van der Waals surface area contributed by atoms with Crippen LogP contribution in [-0.4, -0.2) is 19.8 Å². The van der Waals surface area contributed by atoms with Crippen LogP contribution < -0.4 is 10.1 Å². The minimum atomic E-state index is -2.81. The van der Waals surface area contributed by atoms with Crippen molar-refractivity contribution in [1.29, 1.82) is 0 Å². The zero-order valence-electron chi connectivity index (χ0n) is 10.9. The van der Waals surface area contributed by atoms with E-state index in [9.17, 15) is 8.78 Å². The predicted octanol–water partition coefficient (Wildman–Crippen LogP) is 3.49. The van der Waals surface area contributed by atoms with E-state index in [4.69, 9.17) is 4.74 Å². The number of benzene rings is 1. The smallest absolute Gasteiger partial charge is 0.387 e. The standard InChI is InChI=1S/C14H19F2NO2/c1-3-18-10-6-9-17-11(2)12-7-4-5-8-13(12)19-14(15)16/h3-5,7-8,11,14,17H,1,6,9-10H2,2H3. The molecule has 0 aliphatic heterocycles. The molecule has 1 rings (SSSR count).